The normalized spacial score (nSPS) is 12.2. The van der Waals surface area contributed by atoms with E-state index in [0.29, 0.717) is 6.61 Å². The van der Waals surface area contributed by atoms with Gasteiger partial charge < -0.3 is 10.1 Å². The van der Waals surface area contributed by atoms with Gasteiger partial charge in [-0.3, -0.25) is 0 Å². The number of hydrogen-bond donors (Lipinski definition) is 1. The highest BCUT2D eigenvalue weighted by molar-refractivity contribution is 5.33. The fraction of sp³-hybridized carbons (Fsp3) is 0.368. The molecule has 0 aliphatic carbocycles. The molecule has 0 aliphatic heterocycles. The van der Waals surface area contributed by atoms with Crippen LogP contribution in [0.25, 0.3) is 0 Å². The molecule has 112 valence electrons. The molecule has 0 saturated heterocycles. The van der Waals surface area contributed by atoms with Crippen molar-refractivity contribution in [2.45, 2.75) is 33.7 Å². The van der Waals surface area contributed by atoms with Gasteiger partial charge in [0.1, 0.15) is 12.4 Å². The van der Waals surface area contributed by atoms with Gasteiger partial charge >= 0.3 is 0 Å². The van der Waals surface area contributed by atoms with E-state index in [4.69, 9.17) is 4.74 Å². The van der Waals surface area contributed by atoms with E-state index in [1.54, 1.807) is 0 Å². The molecule has 1 atom stereocenters. The number of hydrogen-bond acceptors (Lipinski definition) is 2. The first-order valence-corrected chi connectivity index (χ1v) is 7.60. The van der Waals surface area contributed by atoms with E-state index in [1.807, 2.05) is 0 Å². The summed E-state index contributed by atoms with van der Waals surface area (Å²) in [5.74, 6) is 0.948. The van der Waals surface area contributed by atoms with Crippen LogP contribution in [0.1, 0.15) is 35.2 Å². The van der Waals surface area contributed by atoms with E-state index in [9.17, 15) is 0 Å². The molecule has 0 amide bonds. The van der Waals surface area contributed by atoms with E-state index in [2.05, 4.69) is 75.5 Å². The molecule has 2 aromatic carbocycles. The number of benzene rings is 2. The largest absolute Gasteiger partial charge is 0.492 e. The molecule has 2 aromatic rings. The molecule has 1 unspecified atom stereocenters. The third kappa shape index (κ3) is 4.33. The van der Waals surface area contributed by atoms with E-state index in [0.717, 1.165) is 12.3 Å². The van der Waals surface area contributed by atoms with Crippen molar-refractivity contribution in [3.63, 3.8) is 0 Å². The minimum atomic E-state index is 0.219. The average molecular weight is 283 g/mol. The van der Waals surface area contributed by atoms with Crippen LogP contribution >= 0.6 is 0 Å². The first kappa shape index (κ1) is 15.6. The molecule has 0 heterocycles. The summed E-state index contributed by atoms with van der Waals surface area (Å²) in [7, 11) is 0. The summed E-state index contributed by atoms with van der Waals surface area (Å²) < 4.78 is 6.03. The van der Waals surface area contributed by atoms with Crippen LogP contribution < -0.4 is 10.1 Å². The van der Waals surface area contributed by atoms with Crippen molar-refractivity contribution in [3.8, 4) is 5.75 Å². The van der Waals surface area contributed by atoms with Crippen LogP contribution in [0.2, 0.25) is 0 Å². The third-order valence-electron chi connectivity index (χ3n) is 3.63. The van der Waals surface area contributed by atoms with Gasteiger partial charge in [0.25, 0.3) is 0 Å². The Hall–Kier alpha value is -1.80. The average Bonchev–Trinajstić information content (AvgIpc) is 2.43. The Labute approximate surface area is 128 Å². The molecule has 0 spiro atoms. The van der Waals surface area contributed by atoms with Gasteiger partial charge in [-0.25, -0.2) is 0 Å². The van der Waals surface area contributed by atoms with Crippen LogP contribution in [0.5, 0.6) is 5.75 Å². The Balaban J connectivity index is 2.12. The Kier molecular flexibility index (Phi) is 5.40. The van der Waals surface area contributed by atoms with Gasteiger partial charge in [0.05, 0.1) is 6.04 Å². The molecule has 0 aliphatic rings. The molecule has 2 heteroatoms. The zero-order chi connectivity index (χ0) is 15.2. The topological polar surface area (TPSA) is 21.3 Å². The second kappa shape index (κ2) is 7.28. The zero-order valence-electron chi connectivity index (χ0n) is 13.4. The van der Waals surface area contributed by atoms with Crippen LogP contribution in [0.3, 0.4) is 0 Å². The third-order valence-corrected chi connectivity index (χ3v) is 3.63. The number of likely N-dealkylation sites (N-methyl/N-ethyl adjacent to an activating group) is 1. The van der Waals surface area contributed by atoms with Crippen molar-refractivity contribution < 1.29 is 4.74 Å². The molecule has 0 aromatic heterocycles. The van der Waals surface area contributed by atoms with Crippen molar-refractivity contribution in [2.75, 3.05) is 13.2 Å². The number of ether oxygens (including phenoxy) is 1. The summed E-state index contributed by atoms with van der Waals surface area (Å²) in [5.41, 5.74) is 5.08. The SMILES string of the molecule is CCNC(COc1cc(C)cc(C)c1)c1ccccc1C. The lowest BCUT2D eigenvalue weighted by atomic mass is 10.0. The first-order chi connectivity index (χ1) is 10.1. The molecule has 21 heavy (non-hydrogen) atoms. The fourth-order valence-corrected chi connectivity index (χ4v) is 2.68. The number of aryl methyl sites for hydroxylation is 3. The maximum absolute atomic E-state index is 6.03. The van der Waals surface area contributed by atoms with Gasteiger partial charge in [0.15, 0.2) is 0 Å². The fourth-order valence-electron chi connectivity index (χ4n) is 2.68. The highest BCUT2D eigenvalue weighted by atomic mass is 16.5. The van der Waals surface area contributed by atoms with E-state index < -0.39 is 0 Å². The highest BCUT2D eigenvalue weighted by Crippen LogP contribution is 2.21. The van der Waals surface area contributed by atoms with Crippen molar-refractivity contribution >= 4 is 0 Å². The standard InChI is InChI=1S/C19H25NO/c1-5-20-19(18-9-7-6-8-16(18)4)13-21-17-11-14(2)10-15(3)12-17/h6-12,19-20H,5,13H2,1-4H3. The van der Waals surface area contributed by atoms with Gasteiger partial charge in [0, 0.05) is 0 Å². The predicted molar refractivity (Wildman–Crippen MR) is 89.0 cm³/mol. The molecule has 0 radical (unpaired) electrons. The zero-order valence-corrected chi connectivity index (χ0v) is 13.4. The molecular formula is C19H25NO. The van der Waals surface area contributed by atoms with Gasteiger partial charge in [-0.1, -0.05) is 37.3 Å². The minimum Gasteiger partial charge on any atom is -0.492 e. The monoisotopic (exact) mass is 283 g/mol. The summed E-state index contributed by atoms with van der Waals surface area (Å²) in [6.45, 7) is 10.0. The van der Waals surface area contributed by atoms with Crippen molar-refractivity contribution in [1.29, 1.82) is 0 Å². The Morgan fingerprint density at radius 1 is 1.00 bits per heavy atom. The van der Waals surface area contributed by atoms with Gasteiger partial charge in [-0.05, 0) is 61.7 Å². The summed E-state index contributed by atoms with van der Waals surface area (Å²) in [6, 6.07) is 15.1. The van der Waals surface area contributed by atoms with Crippen LogP contribution in [-0.4, -0.2) is 13.2 Å². The van der Waals surface area contributed by atoms with Gasteiger partial charge in [-0.2, -0.15) is 0 Å². The Morgan fingerprint density at radius 2 is 1.67 bits per heavy atom. The highest BCUT2D eigenvalue weighted by Gasteiger charge is 2.13. The molecular weight excluding hydrogens is 258 g/mol. The Morgan fingerprint density at radius 3 is 2.29 bits per heavy atom. The quantitative estimate of drug-likeness (QED) is 0.851. The molecule has 2 nitrogen and oxygen atoms in total. The molecule has 0 bridgehead atoms. The van der Waals surface area contributed by atoms with E-state index in [-0.39, 0.29) is 6.04 Å². The minimum absolute atomic E-state index is 0.219. The number of nitrogens with one attached hydrogen (secondary N) is 1. The lowest BCUT2D eigenvalue weighted by molar-refractivity contribution is 0.267. The second-order valence-corrected chi connectivity index (χ2v) is 5.60. The molecule has 2 rings (SSSR count). The van der Waals surface area contributed by atoms with Crippen LogP contribution in [0.15, 0.2) is 42.5 Å². The molecule has 0 fully saturated rings. The summed E-state index contributed by atoms with van der Waals surface area (Å²) in [5, 5.41) is 3.51. The van der Waals surface area contributed by atoms with Crippen LogP contribution in [-0.2, 0) is 0 Å². The van der Waals surface area contributed by atoms with Crippen LogP contribution in [0, 0.1) is 20.8 Å². The number of rotatable bonds is 6. The van der Waals surface area contributed by atoms with Crippen molar-refractivity contribution in [2.24, 2.45) is 0 Å². The maximum Gasteiger partial charge on any atom is 0.119 e. The van der Waals surface area contributed by atoms with Crippen LogP contribution in [0.4, 0.5) is 0 Å². The van der Waals surface area contributed by atoms with E-state index in [1.165, 1.54) is 22.3 Å². The van der Waals surface area contributed by atoms with Crippen molar-refractivity contribution in [3.05, 3.63) is 64.7 Å². The summed E-state index contributed by atoms with van der Waals surface area (Å²) in [6.07, 6.45) is 0. The molecule has 1 N–H and O–H groups in total. The summed E-state index contributed by atoms with van der Waals surface area (Å²) >= 11 is 0. The maximum atomic E-state index is 6.03. The smallest absolute Gasteiger partial charge is 0.119 e. The summed E-state index contributed by atoms with van der Waals surface area (Å²) in [4.78, 5) is 0. The van der Waals surface area contributed by atoms with E-state index >= 15 is 0 Å². The van der Waals surface area contributed by atoms with Gasteiger partial charge in [0.2, 0.25) is 0 Å². The van der Waals surface area contributed by atoms with Crippen molar-refractivity contribution in [1.82, 2.24) is 5.32 Å². The predicted octanol–water partition coefficient (Wildman–Crippen LogP) is 4.34. The van der Waals surface area contributed by atoms with Gasteiger partial charge in [-0.15, -0.1) is 0 Å². The molecule has 0 saturated carbocycles. The second-order valence-electron chi connectivity index (χ2n) is 5.60. The lowest BCUT2D eigenvalue weighted by Crippen LogP contribution is -2.27. The lowest BCUT2D eigenvalue weighted by Gasteiger charge is -2.21. The first-order valence-electron chi connectivity index (χ1n) is 7.60. The Bertz CT molecular complexity index is 572.